The molecule has 0 atom stereocenters. The number of benzene rings is 2. The fourth-order valence-corrected chi connectivity index (χ4v) is 2.54. The van der Waals surface area contributed by atoms with E-state index in [1.807, 2.05) is 26.0 Å². The lowest BCUT2D eigenvalue weighted by Crippen LogP contribution is -2.07. The van der Waals surface area contributed by atoms with Gasteiger partial charge in [0.25, 0.3) is 0 Å². The van der Waals surface area contributed by atoms with Gasteiger partial charge in [0.05, 0.1) is 17.1 Å². The van der Waals surface area contributed by atoms with E-state index in [0.717, 1.165) is 11.1 Å². The first-order chi connectivity index (χ1) is 9.43. The molecule has 0 spiro atoms. The number of ether oxygens (including phenoxy) is 1. The van der Waals surface area contributed by atoms with E-state index < -0.39 is 5.82 Å². The second-order valence-corrected chi connectivity index (χ2v) is 5.47. The van der Waals surface area contributed by atoms with Crippen molar-refractivity contribution in [3.63, 3.8) is 0 Å². The van der Waals surface area contributed by atoms with Crippen molar-refractivity contribution in [3.05, 3.63) is 62.9 Å². The number of rotatable bonds is 3. The van der Waals surface area contributed by atoms with Crippen LogP contribution in [0.2, 0.25) is 0 Å². The molecule has 0 unspecified atom stereocenters. The monoisotopic (exact) mass is 336 g/mol. The van der Waals surface area contributed by atoms with Gasteiger partial charge in [0.1, 0.15) is 11.6 Å². The molecule has 0 bridgehead atoms. The molecule has 2 aromatic carbocycles. The number of carbonyl (C=O) groups excluding carboxylic acids is 1. The summed E-state index contributed by atoms with van der Waals surface area (Å²) >= 11 is 3.09. The molecule has 2 rings (SSSR count). The molecule has 0 aromatic heterocycles. The molecule has 0 saturated carbocycles. The first-order valence-corrected chi connectivity index (χ1v) is 6.88. The molecule has 0 saturated heterocycles. The lowest BCUT2D eigenvalue weighted by atomic mass is 9.96. The summed E-state index contributed by atoms with van der Waals surface area (Å²) in [6.45, 7) is 3.81. The predicted octanol–water partition coefficient (Wildman–Crippen LogP) is 4.44. The van der Waals surface area contributed by atoms with E-state index in [4.69, 9.17) is 4.74 Å². The Morgan fingerprint density at radius 1 is 1.20 bits per heavy atom. The summed E-state index contributed by atoms with van der Waals surface area (Å²) in [4.78, 5) is 12.6. The van der Waals surface area contributed by atoms with Gasteiger partial charge in [0.2, 0.25) is 0 Å². The maximum absolute atomic E-state index is 13.3. The highest BCUT2D eigenvalue weighted by Crippen LogP contribution is 2.28. The van der Waals surface area contributed by atoms with Gasteiger partial charge in [0, 0.05) is 5.56 Å². The van der Waals surface area contributed by atoms with E-state index in [1.165, 1.54) is 25.3 Å². The summed E-state index contributed by atoms with van der Waals surface area (Å²) in [6, 6.07) is 7.97. The van der Waals surface area contributed by atoms with Crippen molar-refractivity contribution in [1.82, 2.24) is 0 Å². The van der Waals surface area contributed by atoms with E-state index in [-0.39, 0.29) is 10.3 Å². The lowest BCUT2D eigenvalue weighted by molar-refractivity contribution is 0.103. The van der Waals surface area contributed by atoms with Crippen molar-refractivity contribution in [1.29, 1.82) is 0 Å². The average molecular weight is 337 g/mol. The van der Waals surface area contributed by atoms with Gasteiger partial charge in [0.15, 0.2) is 5.78 Å². The number of halogens is 2. The van der Waals surface area contributed by atoms with Crippen LogP contribution in [0.25, 0.3) is 0 Å². The molecule has 104 valence electrons. The van der Waals surface area contributed by atoms with E-state index in [0.29, 0.717) is 16.9 Å². The standard InChI is InChI=1S/C16H14BrFO2/c1-9-6-10(2)15(14(7-9)20-3)16(19)11-4-5-13(18)12(17)8-11/h4-8H,1-3H3. The smallest absolute Gasteiger partial charge is 0.197 e. The zero-order valence-corrected chi connectivity index (χ0v) is 13.0. The van der Waals surface area contributed by atoms with Crippen LogP contribution in [0.1, 0.15) is 27.0 Å². The second kappa shape index (κ2) is 5.75. The van der Waals surface area contributed by atoms with Crippen LogP contribution < -0.4 is 4.74 Å². The van der Waals surface area contributed by atoms with Gasteiger partial charge in [-0.05, 0) is 65.2 Å². The predicted molar refractivity (Wildman–Crippen MR) is 80.0 cm³/mol. The van der Waals surface area contributed by atoms with E-state index in [1.54, 1.807) is 0 Å². The highest BCUT2D eigenvalue weighted by atomic mass is 79.9. The van der Waals surface area contributed by atoms with Crippen LogP contribution in [0.4, 0.5) is 4.39 Å². The first-order valence-electron chi connectivity index (χ1n) is 6.09. The molecule has 20 heavy (non-hydrogen) atoms. The second-order valence-electron chi connectivity index (χ2n) is 4.62. The Morgan fingerprint density at radius 3 is 2.50 bits per heavy atom. The van der Waals surface area contributed by atoms with Gasteiger partial charge < -0.3 is 4.74 Å². The molecule has 0 aliphatic rings. The molecule has 2 nitrogen and oxygen atoms in total. The van der Waals surface area contributed by atoms with Gasteiger partial charge in [-0.15, -0.1) is 0 Å². The fraction of sp³-hybridized carbons (Fsp3) is 0.188. The molecular formula is C16H14BrFO2. The molecule has 4 heteroatoms. The Kier molecular flexibility index (Phi) is 4.23. The maximum Gasteiger partial charge on any atom is 0.197 e. The minimum absolute atomic E-state index is 0.181. The van der Waals surface area contributed by atoms with E-state index >= 15 is 0 Å². The Morgan fingerprint density at radius 2 is 1.90 bits per heavy atom. The normalized spacial score (nSPS) is 10.4. The third-order valence-electron chi connectivity index (χ3n) is 3.07. The Bertz CT molecular complexity index is 680. The molecule has 0 radical (unpaired) electrons. The molecule has 2 aromatic rings. The van der Waals surface area contributed by atoms with Crippen molar-refractivity contribution in [2.24, 2.45) is 0 Å². The summed E-state index contributed by atoms with van der Waals surface area (Å²) in [6.07, 6.45) is 0. The van der Waals surface area contributed by atoms with E-state index in [9.17, 15) is 9.18 Å². The van der Waals surface area contributed by atoms with Gasteiger partial charge in [-0.25, -0.2) is 4.39 Å². The number of ketones is 1. The molecule has 0 N–H and O–H groups in total. The van der Waals surface area contributed by atoms with Crippen LogP contribution in [0.5, 0.6) is 5.75 Å². The van der Waals surface area contributed by atoms with Gasteiger partial charge in [-0.3, -0.25) is 4.79 Å². The third kappa shape index (κ3) is 2.75. The Balaban J connectivity index is 2.55. The van der Waals surface area contributed by atoms with Crippen LogP contribution in [0, 0.1) is 19.7 Å². The SMILES string of the molecule is COc1cc(C)cc(C)c1C(=O)c1ccc(F)c(Br)c1. The summed E-state index contributed by atoms with van der Waals surface area (Å²) in [5.41, 5.74) is 2.80. The maximum atomic E-state index is 13.3. The van der Waals surface area contributed by atoms with Crippen molar-refractivity contribution in [3.8, 4) is 5.75 Å². The molecule has 0 aliphatic carbocycles. The summed E-state index contributed by atoms with van der Waals surface area (Å²) in [5, 5.41) is 0. The molecule has 0 fully saturated rings. The molecular weight excluding hydrogens is 323 g/mol. The van der Waals surface area contributed by atoms with Crippen molar-refractivity contribution >= 4 is 21.7 Å². The lowest BCUT2D eigenvalue weighted by Gasteiger charge is -2.12. The van der Waals surface area contributed by atoms with Crippen molar-refractivity contribution < 1.29 is 13.9 Å². The highest BCUT2D eigenvalue weighted by molar-refractivity contribution is 9.10. The van der Waals surface area contributed by atoms with E-state index in [2.05, 4.69) is 15.9 Å². The van der Waals surface area contributed by atoms with Crippen LogP contribution in [0.3, 0.4) is 0 Å². The number of carbonyl (C=O) groups is 1. The molecule has 0 amide bonds. The number of hydrogen-bond donors (Lipinski definition) is 0. The summed E-state index contributed by atoms with van der Waals surface area (Å²) < 4.78 is 18.8. The summed E-state index contributed by atoms with van der Waals surface area (Å²) in [5.74, 6) is -0.0397. The number of hydrogen-bond acceptors (Lipinski definition) is 2. The largest absolute Gasteiger partial charge is 0.496 e. The topological polar surface area (TPSA) is 26.3 Å². The quantitative estimate of drug-likeness (QED) is 0.774. The summed E-state index contributed by atoms with van der Waals surface area (Å²) in [7, 11) is 1.53. The minimum atomic E-state index is -0.394. The number of methoxy groups -OCH3 is 1. The zero-order chi connectivity index (χ0) is 14.9. The molecule has 0 heterocycles. The van der Waals surface area contributed by atoms with Crippen molar-refractivity contribution in [2.75, 3.05) is 7.11 Å². The molecule has 0 aliphatic heterocycles. The van der Waals surface area contributed by atoms with Gasteiger partial charge >= 0.3 is 0 Å². The first kappa shape index (κ1) is 14.7. The van der Waals surface area contributed by atoms with Crippen LogP contribution in [0.15, 0.2) is 34.8 Å². The van der Waals surface area contributed by atoms with Gasteiger partial charge in [-0.2, -0.15) is 0 Å². The van der Waals surface area contributed by atoms with Gasteiger partial charge in [-0.1, -0.05) is 6.07 Å². The number of aryl methyl sites for hydroxylation is 2. The van der Waals surface area contributed by atoms with Crippen LogP contribution in [-0.2, 0) is 0 Å². The Labute approximate surface area is 125 Å². The van der Waals surface area contributed by atoms with Crippen LogP contribution in [-0.4, -0.2) is 12.9 Å². The average Bonchev–Trinajstić information content (AvgIpc) is 2.40. The zero-order valence-electron chi connectivity index (χ0n) is 11.5. The Hall–Kier alpha value is -1.68. The highest BCUT2D eigenvalue weighted by Gasteiger charge is 2.18. The minimum Gasteiger partial charge on any atom is -0.496 e. The van der Waals surface area contributed by atoms with Crippen LogP contribution >= 0.6 is 15.9 Å². The van der Waals surface area contributed by atoms with Crippen molar-refractivity contribution in [2.45, 2.75) is 13.8 Å². The third-order valence-corrected chi connectivity index (χ3v) is 3.68. The fourth-order valence-electron chi connectivity index (χ4n) is 2.16.